The van der Waals surface area contributed by atoms with Gasteiger partial charge in [-0.3, -0.25) is 10.1 Å². The van der Waals surface area contributed by atoms with Crippen LogP contribution in [0.15, 0.2) is 51.8 Å². The maximum atomic E-state index is 12.9. The second-order valence-corrected chi connectivity index (χ2v) is 9.93. The Labute approximate surface area is 195 Å². The molecule has 1 heterocycles. The van der Waals surface area contributed by atoms with Crippen LogP contribution < -0.4 is 5.32 Å². The molecule has 3 aromatic rings. The molecule has 33 heavy (non-hydrogen) atoms. The first-order valence-corrected chi connectivity index (χ1v) is 12.5. The molecule has 0 bridgehead atoms. The van der Waals surface area contributed by atoms with Crippen LogP contribution in [0.1, 0.15) is 59.6 Å². The first-order valence-electron chi connectivity index (χ1n) is 11.0. The summed E-state index contributed by atoms with van der Waals surface area (Å²) < 4.78 is 32.8. The average molecular weight is 471 g/mol. The number of benzene rings is 2. The summed E-state index contributed by atoms with van der Waals surface area (Å²) in [5, 5.41) is 10.5. The van der Waals surface area contributed by atoms with Crippen molar-refractivity contribution in [2.45, 2.75) is 51.9 Å². The lowest BCUT2D eigenvalue weighted by Crippen LogP contribution is -2.32. The van der Waals surface area contributed by atoms with E-state index < -0.39 is 15.9 Å². The third kappa shape index (κ3) is 6.06. The fraction of sp³-hybridized carbons (Fsp3) is 0.375. The van der Waals surface area contributed by atoms with Gasteiger partial charge in [0.15, 0.2) is 0 Å². The highest BCUT2D eigenvalue weighted by Gasteiger charge is 2.23. The lowest BCUT2D eigenvalue weighted by molar-refractivity contribution is 0.102. The molecule has 0 radical (unpaired) electrons. The highest BCUT2D eigenvalue weighted by atomic mass is 32.2. The van der Waals surface area contributed by atoms with E-state index in [1.807, 2.05) is 39.8 Å². The van der Waals surface area contributed by atoms with Gasteiger partial charge in [-0.25, -0.2) is 8.42 Å². The van der Waals surface area contributed by atoms with Crippen LogP contribution in [0.5, 0.6) is 0 Å². The summed E-state index contributed by atoms with van der Waals surface area (Å²) in [6.45, 7) is 8.85. The Morgan fingerprint density at radius 2 is 1.67 bits per heavy atom. The monoisotopic (exact) mass is 470 g/mol. The van der Waals surface area contributed by atoms with E-state index in [9.17, 15) is 13.2 Å². The number of hydrogen-bond donors (Lipinski definition) is 1. The second kappa shape index (κ2) is 10.7. The van der Waals surface area contributed by atoms with Gasteiger partial charge in [0.05, 0.1) is 11.3 Å². The summed E-state index contributed by atoms with van der Waals surface area (Å²) in [5.74, 6) is -0.0646. The van der Waals surface area contributed by atoms with Gasteiger partial charge >= 0.3 is 6.01 Å². The van der Waals surface area contributed by atoms with Gasteiger partial charge < -0.3 is 4.42 Å². The van der Waals surface area contributed by atoms with Crippen LogP contribution >= 0.6 is 0 Å². The van der Waals surface area contributed by atoms with E-state index in [-0.39, 0.29) is 10.9 Å². The van der Waals surface area contributed by atoms with Crippen LogP contribution in [0.25, 0.3) is 0 Å². The predicted molar refractivity (Wildman–Crippen MR) is 127 cm³/mol. The minimum absolute atomic E-state index is 0.00599. The summed E-state index contributed by atoms with van der Waals surface area (Å²) in [6.07, 6.45) is 1.93. The lowest BCUT2D eigenvalue weighted by atomic mass is 10.0. The molecule has 9 heteroatoms. The third-order valence-electron chi connectivity index (χ3n) is 5.23. The van der Waals surface area contributed by atoms with Crippen LogP contribution in [0.3, 0.4) is 0 Å². The molecule has 0 unspecified atom stereocenters. The number of sulfonamides is 1. The summed E-state index contributed by atoms with van der Waals surface area (Å²) in [7, 11) is -3.60. The maximum absolute atomic E-state index is 12.9. The molecule has 0 spiro atoms. The van der Waals surface area contributed by atoms with Crippen molar-refractivity contribution in [3.8, 4) is 0 Å². The Morgan fingerprint density at radius 3 is 2.27 bits per heavy atom. The zero-order chi connectivity index (χ0) is 24.0. The number of nitrogens with one attached hydrogen (secondary N) is 1. The van der Waals surface area contributed by atoms with Crippen molar-refractivity contribution in [2.24, 2.45) is 0 Å². The van der Waals surface area contributed by atoms with Crippen molar-refractivity contribution in [3.05, 3.63) is 70.6 Å². The first-order chi connectivity index (χ1) is 15.7. The van der Waals surface area contributed by atoms with Gasteiger partial charge in [-0.1, -0.05) is 42.7 Å². The quantitative estimate of drug-likeness (QED) is 0.472. The largest absolute Gasteiger partial charge is 0.407 e. The molecule has 176 valence electrons. The zero-order valence-corrected chi connectivity index (χ0v) is 20.3. The first kappa shape index (κ1) is 24.6. The fourth-order valence-corrected chi connectivity index (χ4v) is 5.15. The molecule has 0 saturated carbocycles. The molecule has 1 N–H and O–H groups in total. The van der Waals surface area contributed by atoms with Crippen LogP contribution in [-0.2, 0) is 16.4 Å². The summed E-state index contributed by atoms with van der Waals surface area (Å²) in [6, 6.07) is 12.0. The summed E-state index contributed by atoms with van der Waals surface area (Å²) in [4.78, 5) is 12.7. The van der Waals surface area contributed by atoms with Crippen LogP contribution in [0, 0.1) is 13.8 Å². The second-order valence-electron chi connectivity index (χ2n) is 7.99. The number of carbonyl (C=O) groups is 1. The topological polar surface area (TPSA) is 105 Å². The van der Waals surface area contributed by atoms with E-state index in [2.05, 4.69) is 21.6 Å². The van der Waals surface area contributed by atoms with Crippen molar-refractivity contribution in [3.63, 3.8) is 0 Å². The number of anilines is 1. The Hall–Kier alpha value is -3.04. The molecule has 1 aromatic heterocycles. The molecular formula is C24H30N4O4S. The van der Waals surface area contributed by atoms with Gasteiger partial charge in [0.2, 0.25) is 15.9 Å². The molecule has 0 aliphatic heterocycles. The minimum Gasteiger partial charge on any atom is -0.407 e. The number of carbonyl (C=O) groups excluding carboxylic acids is 1. The van der Waals surface area contributed by atoms with E-state index in [4.69, 9.17) is 4.42 Å². The average Bonchev–Trinajstić information content (AvgIpc) is 3.22. The zero-order valence-electron chi connectivity index (χ0n) is 19.5. The molecule has 2 aromatic carbocycles. The number of aromatic nitrogens is 2. The molecule has 0 fully saturated rings. The smallest absolute Gasteiger partial charge is 0.322 e. The Bertz CT molecular complexity index is 1200. The molecule has 3 rings (SSSR count). The molecule has 0 aliphatic carbocycles. The number of nitrogens with zero attached hydrogens (tertiary/aromatic N) is 3. The van der Waals surface area contributed by atoms with Crippen molar-refractivity contribution >= 4 is 21.9 Å². The highest BCUT2D eigenvalue weighted by molar-refractivity contribution is 7.89. The van der Waals surface area contributed by atoms with E-state index in [0.29, 0.717) is 31.0 Å². The van der Waals surface area contributed by atoms with E-state index in [0.717, 1.165) is 24.0 Å². The number of amides is 1. The Kier molecular flexibility index (Phi) is 7.99. The maximum Gasteiger partial charge on any atom is 0.322 e. The number of rotatable bonds is 10. The van der Waals surface area contributed by atoms with Crippen molar-refractivity contribution < 1.29 is 17.6 Å². The van der Waals surface area contributed by atoms with Gasteiger partial charge in [0.25, 0.3) is 5.91 Å². The van der Waals surface area contributed by atoms with Crippen LogP contribution in [0.4, 0.5) is 6.01 Å². The normalized spacial score (nSPS) is 11.7. The van der Waals surface area contributed by atoms with E-state index >= 15 is 0 Å². The predicted octanol–water partition coefficient (Wildman–Crippen LogP) is 4.34. The molecule has 0 saturated heterocycles. The highest BCUT2D eigenvalue weighted by Crippen LogP contribution is 2.19. The molecule has 0 atom stereocenters. The summed E-state index contributed by atoms with van der Waals surface area (Å²) >= 11 is 0. The van der Waals surface area contributed by atoms with Gasteiger partial charge in [-0.2, -0.15) is 4.31 Å². The van der Waals surface area contributed by atoms with Gasteiger partial charge in [0.1, 0.15) is 0 Å². The van der Waals surface area contributed by atoms with E-state index in [1.165, 1.54) is 34.1 Å². The molecule has 0 aliphatic rings. The van der Waals surface area contributed by atoms with Crippen molar-refractivity contribution in [1.29, 1.82) is 0 Å². The Balaban J connectivity index is 1.67. The third-order valence-corrected chi connectivity index (χ3v) is 7.14. The van der Waals surface area contributed by atoms with Crippen LogP contribution in [-0.4, -0.2) is 41.9 Å². The van der Waals surface area contributed by atoms with Gasteiger partial charge in [-0.15, -0.1) is 5.10 Å². The Morgan fingerprint density at radius 1 is 1.00 bits per heavy atom. The number of hydrogen-bond acceptors (Lipinski definition) is 6. The molecule has 8 nitrogen and oxygen atoms in total. The van der Waals surface area contributed by atoms with E-state index in [1.54, 1.807) is 0 Å². The van der Waals surface area contributed by atoms with Gasteiger partial charge in [0, 0.05) is 18.7 Å². The van der Waals surface area contributed by atoms with Crippen molar-refractivity contribution in [2.75, 3.05) is 18.4 Å². The minimum atomic E-state index is -3.60. The fourth-order valence-electron chi connectivity index (χ4n) is 3.53. The summed E-state index contributed by atoms with van der Waals surface area (Å²) in [5.41, 5.74) is 3.67. The van der Waals surface area contributed by atoms with Crippen molar-refractivity contribution in [1.82, 2.24) is 14.5 Å². The number of aryl methyl sites for hydroxylation is 2. The molecular weight excluding hydrogens is 440 g/mol. The SMILES string of the molecule is CCCN(CCC)S(=O)(=O)c1ccc(C(=O)Nc2nnc(Cc3ccc(C)cc3C)o2)cc1. The van der Waals surface area contributed by atoms with Gasteiger partial charge in [-0.05, 0) is 62.1 Å². The van der Waals surface area contributed by atoms with Crippen LogP contribution in [0.2, 0.25) is 0 Å². The lowest BCUT2D eigenvalue weighted by Gasteiger charge is -2.21. The standard InChI is InChI=1S/C24H30N4O4S/c1-5-13-28(14-6-2)33(30,31)21-11-9-19(10-12-21)23(29)25-24-27-26-22(32-24)16-20-8-7-17(3)15-18(20)4/h7-12,15H,5-6,13-14,16H2,1-4H3,(H,25,27,29). The molecule has 1 amide bonds.